The summed E-state index contributed by atoms with van der Waals surface area (Å²) in [5, 5.41) is 0.787. The van der Waals surface area contributed by atoms with Crippen molar-refractivity contribution in [3.05, 3.63) is 28.8 Å². The van der Waals surface area contributed by atoms with Gasteiger partial charge in [-0.15, -0.1) is 11.6 Å². The molecule has 1 aromatic carbocycles. The summed E-state index contributed by atoms with van der Waals surface area (Å²) in [5.41, 5.74) is 2.82. The van der Waals surface area contributed by atoms with Crippen molar-refractivity contribution in [2.24, 2.45) is 5.41 Å². The summed E-state index contributed by atoms with van der Waals surface area (Å²) in [7, 11) is 0. The zero-order valence-corrected chi connectivity index (χ0v) is 13.4. The lowest BCUT2D eigenvalue weighted by Crippen LogP contribution is -2.39. The first-order valence-electron chi connectivity index (χ1n) is 7.23. The predicted octanol–water partition coefficient (Wildman–Crippen LogP) is 5.49. The van der Waals surface area contributed by atoms with E-state index in [1.54, 1.807) is 0 Å². The second kappa shape index (κ2) is 6.37. The van der Waals surface area contributed by atoms with Crippen molar-refractivity contribution >= 4 is 28.9 Å². The highest BCUT2D eigenvalue weighted by molar-refractivity contribution is 6.32. The predicted molar refractivity (Wildman–Crippen MR) is 85.5 cm³/mol. The van der Waals surface area contributed by atoms with Crippen LogP contribution in [0, 0.1) is 5.41 Å². The van der Waals surface area contributed by atoms with Crippen LogP contribution >= 0.6 is 23.2 Å². The lowest BCUT2D eigenvalue weighted by Gasteiger charge is -2.42. The molecule has 1 fully saturated rings. The third-order valence-electron chi connectivity index (χ3n) is 4.87. The number of piperidine rings is 1. The third-order valence-corrected chi connectivity index (χ3v) is 5.51. The van der Waals surface area contributed by atoms with E-state index in [4.69, 9.17) is 23.2 Å². The van der Waals surface area contributed by atoms with Crippen LogP contribution in [0.25, 0.3) is 0 Å². The molecule has 1 nitrogen and oxygen atoms in total. The Bertz CT molecular complexity index is 417. The van der Waals surface area contributed by atoms with Crippen molar-refractivity contribution < 1.29 is 0 Å². The van der Waals surface area contributed by atoms with Crippen molar-refractivity contribution in [2.45, 2.75) is 45.4 Å². The average molecular weight is 300 g/mol. The largest absolute Gasteiger partial charge is 0.371 e. The number of alkyl halides is 1. The summed E-state index contributed by atoms with van der Waals surface area (Å²) in [4.78, 5) is 2.45. The SMILES string of the molecule is CCC1(CC)CCN(c2ccc(CCl)c(Cl)c2)CC1. The van der Waals surface area contributed by atoms with Crippen LogP contribution in [0.2, 0.25) is 5.02 Å². The minimum Gasteiger partial charge on any atom is -0.371 e. The molecule has 1 heterocycles. The standard InChI is InChI=1S/C16H23Cl2N/c1-3-16(4-2)7-9-19(10-8-16)14-6-5-13(12-17)15(18)11-14/h5-6,11H,3-4,7-10,12H2,1-2H3. The molecule has 1 aliphatic rings. The number of hydrogen-bond donors (Lipinski definition) is 0. The Morgan fingerprint density at radius 3 is 2.26 bits per heavy atom. The van der Waals surface area contributed by atoms with Gasteiger partial charge >= 0.3 is 0 Å². The summed E-state index contributed by atoms with van der Waals surface area (Å²) >= 11 is 12.1. The first-order valence-corrected chi connectivity index (χ1v) is 8.14. The maximum Gasteiger partial charge on any atom is 0.0488 e. The molecule has 0 spiro atoms. The van der Waals surface area contributed by atoms with Gasteiger partial charge in [-0.25, -0.2) is 0 Å². The van der Waals surface area contributed by atoms with E-state index in [1.165, 1.54) is 31.4 Å². The second-order valence-electron chi connectivity index (χ2n) is 5.60. The molecule has 0 radical (unpaired) electrons. The van der Waals surface area contributed by atoms with Gasteiger partial charge in [0.05, 0.1) is 0 Å². The molecule has 1 aromatic rings. The van der Waals surface area contributed by atoms with Gasteiger partial charge in [-0.3, -0.25) is 0 Å². The fourth-order valence-corrected chi connectivity index (χ4v) is 3.58. The van der Waals surface area contributed by atoms with Crippen LogP contribution in [0.15, 0.2) is 18.2 Å². The monoisotopic (exact) mass is 299 g/mol. The Morgan fingerprint density at radius 1 is 1.16 bits per heavy atom. The number of benzene rings is 1. The molecule has 0 aromatic heterocycles. The highest BCUT2D eigenvalue weighted by Crippen LogP contribution is 2.39. The molecule has 1 aliphatic heterocycles. The molecule has 0 aliphatic carbocycles. The lowest BCUT2D eigenvalue weighted by molar-refractivity contribution is 0.199. The molecular weight excluding hydrogens is 277 g/mol. The van der Waals surface area contributed by atoms with Gasteiger partial charge in [0.15, 0.2) is 0 Å². The van der Waals surface area contributed by atoms with E-state index in [1.807, 2.05) is 6.07 Å². The molecule has 0 atom stereocenters. The van der Waals surface area contributed by atoms with Crippen LogP contribution in [0.1, 0.15) is 45.1 Å². The minimum atomic E-state index is 0.480. The van der Waals surface area contributed by atoms with Crippen LogP contribution in [0.4, 0.5) is 5.69 Å². The number of halogens is 2. The van der Waals surface area contributed by atoms with Crippen molar-refractivity contribution in [2.75, 3.05) is 18.0 Å². The molecule has 19 heavy (non-hydrogen) atoms. The molecular formula is C16H23Cl2N. The topological polar surface area (TPSA) is 3.24 Å². The fourth-order valence-electron chi connectivity index (χ4n) is 3.04. The van der Waals surface area contributed by atoms with Crippen LogP contribution in [-0.4, -0.2) is 13.1 Å². The van der Waals surface area contributed by atoms with Gasteiger partial charge in [-0.2, -0.15) is 0 Å². The van der Waals surface area contributed by atoms with E-state index in [2.05, 4.69) is 30.9 Å². The summed E-state index contributed by atoms with van der Waals surface area (Å²) in [5.74, 6) is 0.480. The van der Waals surface area contributed by atoms with Crippen LogP contribution in [0.3, 0.4) is 0 Å². The van der Waals surface area contributed by atoms with Crippen molar-refractivity contribution in [1.29, 1.82) is 0 Å². The van der Waals surface area contributed by atoms with Crippen molar-refractivity contribution in [3.8, 4) is 0 Å². The Labute approximate surface area is 126 Å². The van der Waals surface area contributed by atoms with Crippen LogP contribution < -0.4 is 4.90 Å². The van der Waals surface area contributed by atoms with Gasteiger partial charge in [0, 0.05) is 29.7 Å². The average Bonchev–Trinajstić information content (AvgIpc) is 2.47. The Hall–Kier alpha value is -0.400. The fraction of sp³-hybridized carbons (Fsp3) is 0.625. The molecule has 0 N–H and O–H groups in total. The smallest absolute Gasteiger partial charge is 0.0488 e. The zero-order chi connectivity index (χ0) is 13.9. The Kier molecular flexibility index (Phi) is 5.03. The number of nitrogens with zero attached hydrogens (tertiary/aromatic N) is 1. The molecule has 0 amide bonds. The maximum absolute atomic E-state index is 6.25. The normalized spacial score (nSPS) is 18.6. The van der Waals surface area contributed by atoms with E-state index < -0.39 is 0 Å². The first kappa shape index (κ1) is 15.0. The first-order chi connectivity index (χ1) is 9.14. The summed E-state index contributed by atoms with van der Waals surface area (Å²) in [6.45, 7) is 6.92. The van der Waals surface area contributed by atoms with Crippen LogP contribution in [-0.2, 0) is 5.88 Å². The third kappa shape index (κ3) is 3.20. The number of rotatable bonds is 4. The minimum absolute atomic E-state index is 0.480. The molecule has 3 heteroatoms. The molecule has 0 bridgehead atoms. The molecule has 106 valence electrons. The number of anilines is 1. The maximum atomic E-state index is 6.25. The van der Waals surface area contributed by atoms with Gasteiger partial charge in [0.1, 0.15) is 0 Å². The van der Waals surface area contributed by atoms with Gasteiger partial charge in [0.25, 0.3) is 0 Å². The summed E-state index contributed by atoms with van der Waals surface area (Å²) in [6.07, 6.45) is 5.16. The van der Waals surface area contributed by atoms with E-state index in [0.717, 1.165) is 23.7 Å². The van der Waals surface area contributed by atoms with E-state index in [-0.39, 0.29) is 0 Å². The Balaban J connectivity index is 2.07. The molecule has 2 rings (SSSR count). The zero-order valence-electron chi connectivity index (χ0n) is 11.9. The van der Waals surface area contributed by atoms with Crippen molar-refractivity contribution in [1.82, 2.24) is 0 Å². The van der Waals surface area contributed by atoms with Crippen molar-refractivity contribution in [3.63, 3.8) is 0 Å². The molecule has 1 saturated heterocycles. The summed E-state index contributed by atoms with van der Waals surface area (Å²) in [6, 6.07) is 6.25. The second-order valence-corrected chi connectivity index (χ2v) is 6.28. The lowest BCUT2D eigenvalue weighted by atomic mass is 9.74. The highest BCUT2D eigenvalue weighted by Gasteiger charge is 2.31. The van der Waals surface area contributed by atoms with Crippen LogP contribution in [0.5, 0.6) is 0 Å². The summed E-state index contributed by atoms with van der Waals surface area (Å²) < 4.78 is 0. The Morgan fingerprint density at radius 2 is 1.79 bits per heavy atom. The van der Waals surface area contributed by atoms with E-state index in [9.17, 15) is 0 Å². The van der Waals surface area contributed by atoms with Gasteiger partial charge in [-0.05, 0) is 36.0 Å². The van der Waals surface area contributed by atoms with Gasteiger partial charge in [0.2, 0.25) is 0 Å². The quantitative estimate of drug-likeness (QED) is 0.665. The number of hydrogen-bond acceptors (Lipinski definition) is 1. The van der Waals surface area contributed by atoms with Gasteiger partial charge in [-0.1, -0.05) is 44.4 Å². The van der Waals surface area contributed by atoms with Gasteiger partial charge < -0.3 is 4.90 Å². The molecule has 0 saturated carbocycles. The molecule has 0 unspecified atom stereocenters. The highest BCUT2D eigenvalue weighted by atomic mass is 35.5. The van der Waals surface area contributed by atoms with E-state index >= 15 is 0 Å². The van der Waals surface area contributed by atoms with E-state index in [0.29, 0.717) is 11.3 Å².